The van der Waals surface area contributed by atoms with Gasteiger partial charge in [0.1, 0.15) is 11.5 Å². The molecule has 2 aromatic heterocycles. The highest BCUT2D eigenvalue weighted by molar-refractivity contribution is 5.94. The molecule has 0 aliphatic rings. The normalized spacial score (nSPS) is 11.7. The van der Waals surface area contributed by atoms with Gasteiger partial charge >= 0.3 is 0 Å². The monoisotopic (exact) mass is 368 g/mol. The van der Waals surface area contributed by atoms with Crippen molar-refractivity contribution in [2.75, 3.05) is 6.54 Å². The Morgan fingerprint density at radius 2 is 1.96 bits per heavy atom. The van der Waals surface area contributed by atoms with Crippen LogP contribution in [0.1, 0.15) is 56.7 Å². The molecule has 6 heteroatoms. The average molecular weight is 368 g/mol. The summed E-state index contributed by atoms with van der Waals surface area (Å²) in [5, 5.41) is 7.50. The molecule has 0 spiro atoms. The summed E-state index contributed by atoms with van der Waals surface area (Å²) in [6.07, 6.45) is 1.88. The summed E-state index contributed by atoms with van der Waals surface area (Å²) in [5.41, 5.74) is 2.29. The molecule has 0 atom stereocenters. The van der Waals surface area contributed by atoms with Crippen LogP contribution in [0.4, 0.5) is 4.39 Å². The highest BCUT2D eigenvalue weighted by Gasteiger charge is 2.22. The topological polar surface area (TPSA) is 59.3 Å². The molecule has 0 radical (unpaired) electrons. The lowest BCUT2D eigenvalue weighted by Gasteiger charge is -2.13. The van der Waals surface area contributed by atoms with Crippen LogP contribution in [0.15, 0.2) is 36.4 Å². The van der Waals surface area contributed by atoms with Gasteiger partial charge in [-0.15, -0.1) is 0 Å². The maximum atomic E-state index is 14.3. The number of nitrogens with one attached hydrogen (secondary N) is 1. The molecule has 1 aromatic carbocycles. The van der Waals surface area contributed by atoms with E-state index < -0.39 is 0 Å². The van der Waals surface area contributed by atoms with Crippen LogP contribution >= 0.6 is 0 Å². The molecule has 2 heterocycles. The van der Waals surface area contributed by atoms with Gasteiger partial charge in [-0.2, -0.15) is 5.10 Å². The van der Waals surface area contributed by atoms with Crippen LogP contribution in [0.2, 0.25) is 0 Å². The number of carbonyl (C=O) groups is 1. The van der Waals surface area contributed by atoms with Crippen molar-refractivity contribution in [3.8, 4) is 11.3 Å². The van der Waals surface area contributed by atoms with Gasteiger partial charge in [-0.25, -0.2) is 13.9 Å². The maximum Gasteiger partial charge on any atom is 0.270 e. The Morgan fingerprint density at radius 1 is 1.22 bits per heavy atom. The predicted octanol–water partition coefficient (Wildman–Crippen LogP) is 4.36. The number of carbonyl (C=O) groups excluding carboxylic acids is 1. The van der Waals surface area contributed by atoms with E-state index in [2.05, 4.69) is 22.3 Å². The third-order valence-electron chi connectivity index (χ3n) is 4.39. The molecule has 142 valence electrons. The molecule has 0 saturated heterocycles. The number of unbranched alkanes of at least 4 members (excludes halogenated alkanes) is 1. The zero-order valence-corrected chi connectivity index (χ0v) is 16.2. The average Bonchev–Trinajstić information content (AvgIpc) is 3.06. The maximum absolute atomic E-state index is 14.3. The first kappa shape index (κ1) is 19.0. The van der Waals surface area contributed by atoms with Gasteiger partial charge in [0.05, 0.1) is 11.4 Å². The lowest BCUT2D eigenvalue weighted by atomic mass is 9.93. The summed E-state index contributed by atoms with van der Waals surface area (Å²) < 4.78 is 15.8. The summed E-state index contributed by atoms with van der Waals surface area (Å²) in [4.78, 5) is 17.3. The molecule has 0 saturated carbocycles. The molecule has 27 heavy (non-hydrogen) atoms. The molecule has 1 N–H and O–H groups in total. The van der Waals surface area contributed by atoms with Gasteiger partial charge in [-0.3, -0.25) is 4.79 Å². The van der Waals surface area contributed by atoms with Crippen molar-refractivity contribution in [1.82, 2.24) is 19.9 Å². The Labute approximate surface area is 158 Å². The number of nitrogens with zero attached hydrogens (tertiary/aromatic N) is 3. The predicted molar refractivity (Wildman–Crippen MR) is 104 cm³/mol. The third-order valence-corrected chi connectivity index (χ3v) is 4.39. The fourth-order valence-corrected chi connectivity index (χ4v) is 2.78. The van der Waals surface area contributed by atoms with Crippen LogP contribution in [0.25, 0.3) is 16.9 Å². The zero-order chi connectivity index (χ0) is 19.6. The number of amides is 1. The smallest absolute Gasteiger partial charge is 0.270 e. The van der Waals surface area contributed by atoms with Crippen molar-refractivity contribution in [3.63, 3.8) is 0 Å². The van der Waals surface area contributed by atoms with Crippen molar-refractivity contribution in [3.05, 3.63) is 53.6 Å². The van der Waals surface area contributed by atoms with Crippen LogP contribution in [-0.2, 0) is 5.41 Å². The van der Waals surface area contributed by atoms with Crippen molar-refractivity contribution >= 4 is 11.6 Å². The van der Waals surface area contributed by atoms with E-state index in [-0.39, 0.29) is 17.1 Å². The fraction of sp³-hybridized carbons (Fsp3) is 0.381. The molecule has 0 unspecified atom stereocenters. The number of fused-ring (bicyclic) bond motifs is 1. The Kier molecular flexibility index (Phi) is 5.26. The van der Waals surface area contributed by atoms with E-state index >= 15 is 0 Å². The van der Waals surface area contributed by atoms with Crippen LogP contribution in [-0.4, -0.2) is 27.0 Å². The molecule has 0 aliphatic heterocycles. The first-order valence-electron chi connectivity index (χ1n) is 9.25. The summed E-state index contributed by atoms with van der Waals surface area (Å²) in [7, 11) is 0. The van der Waals surface area contributed by atoms with E-state index in [0.29, 0.717) is 29.1 Å². The Bertz CT molecular complexity index is 972. The highest BCUT2D eigenvalue weighted by Crippen LogP contribution is 2.26. The molecule has 1 amide bonds. The number of hydrogen-bond donors (Lipinski definition) is 1. The van der Waals surface area contributed by atoms with E-state index in [1.54, 1.807) is 28.8 Å². The van der Waals surface area contributed by atoms with Crippen molar-refractivity contribution in [1.29, 1.82) is 0 Å². The lowest BCUT2D eigenvalue weighted by Crippen LogP contribution is -2.27. The SMILES string of the molecule is CCCCNC(=O)c1cc(-c2ccccc2F)nc2cc(C(C)(C)C)nn12. The third kappa shape index (κ3) is 3.99. The van der Waals surface area contributed by atoms with Gasteiger partial charge < -0.3 is 5.32 Å². The lowest BCUT2D eigenvalue weighted by molar-refractivity contribution is 0.0945. The minimum absolute atomic E-state index is 0.193. The number of aromatic nitrogens is 3. The zero-order valence-electron chi connectivity index (χ0n) is 16.2. The number of rotatable bonds is 5. The molecule has 0 bridgehead atoms. The molecular weight excluding hydrogens is 343 g/mol. The first-order valence-corrected chi connectivity index (χ1v) is 9.25. The second kappa shape index (κ2) is 7.47. The number of hydrogen-bond acceptors (Lipinski definition) is 3. The van der Waals surface area contributed by atoms with Crippen LogP contribution < -0.4 is 5.32 Å². The number of benzene rings is 1. The minimum atomic E-state index is -0.373. The molecule has 0 aliphatic carbocycles. The quantitative estimate of drug-likeness (QED) is 0.681. The van der Waals surface area contributed by atoms with Crippen LogP contribution in [0.5, 0.6) is 0 Å². The van der Waals surface area contributed by atoms with Gasteiger partial charge in [0.2, 0.25) is 0 Å². The minimum Gasteiger partial charge on any atom is -0.351 e. The molecule has 3 rings (SSSR count). The summed E-state index contributed by atoms with van der Waals surface area (Å²) in [5.74, 6) is -0.612. The van der Waals surface area contributed by atoms with E-state index in [1.807, 2.05) is 26.8 Å². The van der Waals surface area contributed by atoms with Crippen molar-refractivity contribution < 1.29 is 9.18 Å². The first-order chi connectivity index (χ1) is 12.8. The van der Waals surface area contributed by atoms with E-state index in [0.717, 1.165) is 18.5 Å². The number of halogens is 1. The molecule has 0 fully saturated rings. The Hall–Kier alpha value is -2.76. The molecule has 5 nitrogen and oxygen atoms in total. The highest BCUT2D eigenvalue weighted by atomic mass is 19.1. The Morgan fingerprint density at radius 3 is 2.63 bits per heavy atom. The van der Waals surface area contributed by atoms with Crippen LogP contribution in [0.3, 0.4) is 0 Å². The van der Waals surface area contributed by atoms with E-state index in [1.165, 1.54) is 6.07 Å². The van der Waals surface area contributed by atoms with Gasteiger partial charge in [-0.1, -0.05) is 46.2 Å². The second-order valence-corrected chi connectivity index (χ2v) is 7.67. The summed E-state index contributed by atoms with van der Waals surface area (Å²) in [6, 6.07) is 9.89. The van der Waals surface area contributed by atoms with Gasteiger partial charge in [0, 0.05) is 23.6 Å². The van der Waals surface area contributed by atoms with Gasteiger partial charge in [-0.05, 0) is 24.6 Å². The second-order valence-electron chi connectivity index (χ2n) is 7.67. The van der Waals surface area contributed by atoms with Gasteiger partial charge in [0.25, 0.3) is 5.91 Å². The summed E-state index contributed by atoms with van der Waals surface area (Å²) in [6.45, 7) is 8.80. The van der Waals surface area contributed by atoms with Crippen LogP contribution in [0, 0.1) is 5.82 Å². The van der Waals surface area contributed by atoms with Crippen molar-refractivity contribution in [2.45, 2.75) is 46.0 Å². The van der Waals surface area contributed by atoms with E-state index in [9.17, 15) is 9.18 Å². The molecular formula is C21H25FN4O. The largest absolute Gasteiger partial charge is 0.351 e. The fourth-order valence-electron chi connectivity index (χ4n) is 2.78. The van der Waals surface area contributed by atoms with E-state index in [4.69, 9.17) is 0 Å². The molecule has 3 aromatic rings. The summed E-state index contributed by atoms with van der Waals surface area (Å²) >= 11 is 0. The van der Waals surface area contributed by atoms with Gasteiger partial charge in [0.15, 0.2) is 5.65 Å². The standard InChI is InChI=1S/C21H25FN4O/c1-5-6-11-23-20(27)17-12-16(14-9-7-8-10-15(14)22)24-19-13-18(21(2,3)4)25-26(17)19/h7-10,12-13H,5-6,11H2,1-4H3,(H,23,27). The Balaban J connectivity index is 2.16. The van der Waals surface area contributed by atoms with Crippen molar-refractivity contribution in [2.24, 2.45) is 0 Å².